The maximum Gasteiger partial charge on any atom is 0.275 e. The highest BCUT2D eigenvalue weighted by Gasteiger charge is 2.18. The number of pyridine rings is 1. The molecule has 1 unspecified atom stereocenters. The van der Waals surface area contributed by atoms with Crippen LogP contribution in [0.3, 0.4) is 0 Å². The lowest BCUT2D eigenvalue weighted by molar-refractivity contribution is -0.124. The van der Waals surface area contributed by atoms with Crippen LogP contribution in [0, 0.1) is 0 Å². The molecule has 35 heavy (non-hydrogen) atoms. The van der Waals surface area contributed by atoms with Crippen molar-refractivity contribution in [3.05, 3.63) is 71.1 Å². The van der Waals surface area contributed by atoms with Crippen LogP contribution in [0.2, 0.25) is 0 Å². The van der Waals surface area contributed by atoms with Gasteiger partial charge in [0.05, 0.1) is 10.9 Å². The molecule has 2 aromatic carbocycles. The number of sulfonamides is 1. The number of hydrogen-bond donors (Lipinski definition) is 4. The zero-order valence-electron chi connectivity index (χ0n) is 18.8. The van der Waals surface area contributed by atoms with E-state index in [1.165, 1.54) is 30.5 Å². The van der Waals surface area contributed by atoms with Gasteiger partial charge in [0.25, 0.3) is 15.6 Å². The number of fused-ring (bicyclic) bond motifs is 1. The van der Waals surface area contributed by atoms with Crippen molar-refractivity contribution in [3.63, 3.8) is 0 Å². The van der Waals surface area contributed by atoms with E-state index in [1.807, 2.05) is 12.1 Å². The monoisotopic (exact) mass is 498 g/mol. The highest BCUT2D eigenvalue weighted by atomic mass is 32.2. The Kier molecular flexibility index (Phi) is 8.21. The van der Waals surface area contributed by atoms with Crippen LogP contribution in [-0.2, 0) is 26.2 Å². The third-order valence-electron chi connectivity index (χ3n) is 5.09. The molecular weight excluding hydrogens is 472 g/mol. The van der Waals surface area contributed by atoms with Crippen LogP contribution in [0.4, 0.5) is 5.69 Å². The maximum atomic E-state index is 12.9. The Bertz CT molecular complexity index is 1410. The zero-order valence-corrected chi connectivity index (χ0v) is 19.6. The van der Waals surface area contributed by atoms with E-state index in [9.17, 15) is 22.8 Å². The fourth-order valence-corrected chi connectivity index (χ4v) is 4.47. The van der Waals surface area contributed by atoms with Gasteiger partial charge in [0.2, 0.25) is 5.91 Å². The lowest BCUT2D eigenvalue weighted by Gasteiger charge is -2.14. The van der Waals surface area contributed by atoms with E-state index in [1.54, 1.807) is 18.2 Å². The molecule has 0 aliphatic carbocycles. The molecule has 0 bridgehead atoms. The molecule has 0 radical (unpaired) electrons. The topological polar surface area (TPSA) is 179 Å². The summed E-state index contributed by atoms with van der Waals surface area (Å²) >= 11 is 0. The first-order valence-electron chi connectivity index (χ1n) is 10.7. The number of amides is 1. The molecule has 0 fully saturated rings. The van der Waals surface area contributed by atoms with Crippen molar-refractivity contribution in [3.8, 4) is 0 Å². The molecule has 11 nitrogen and oxygen atoms in total. The quantitative estimate of drug-likeness (QED) is 0.129. The fraction of sp³-hybridized carbons (Fsp3) is 0.217. The van der Waals surface area contributed by atoms with Crippen molar-refractivity contribution >= 4 is 44.6 Å². The SMILES string of the molecule is NC(N)=NCCCC(C=O)NC(=O)Cn1cccc(NS(=O)(=O)c2ccc3ccccc3c2)c1=O. The number of nitrogens with one attached hydrogen (secondary N) is 2. The molecule has 1 atom stereocenters. The van der Waals surface area contributed by atoms with E-state index >= 15 is 0 Å². The van der Waals surface area contributed by atoms with Gasteiger partial charge in [-0.3, -0.25) is 19.3 Å². The van der Waals surface area contributed by atoms with Crippen LogP contribution in [-0.4, -0.2) is 43.7 Å². The van der Waals surface area contributed by atoms with Crippen LogP contribution in [0.5, 0.6) is 0 Å². The number of hydrogen-bond acceptors (Lipinski definition) is 6. The number of carbonyl (C=O) groups is 2. The molecular formula is C23H26N6O5S. The van der Waals surface area contributed by atoms with Gasteiger partial charge in [-0.15, -0.1) is 0 Å². The van der Waals surface area contributed by atoms with Crippen molar-refractivity contribution in [1.82, 2.24) is 9.88 Å². The van der Waals surface area contributed by atoms with Crippen LogP contribution in [0.1, 0.15) is 12.8 Å². The third kappa shape index (κ3) is 6.90. The lowest BCUT2D eigenvalue weighted by atomic mass is 10.1. The number of aldehydes is 1. The Morgan fingerprint density at radius 3 is 2.54 bits per heavy atom. The fourth-order valence-electron chi connectivity index (χ4n) is 3.38. The molecule has 1 heterocycles. The molecule has 1 amide bonds. The number of anilines is 1. The summed E-state index contributed by atoms with van der Waals surface area (Å²) in [4.78, 5) is 40.3. The standard InChI is InChI=1S/C23H26N6O5S/c24-23(25)26-11-3-7-18(15-30)27-21(31)14-29-12-4-8-20(22(29)32)28-35(33,34)19-10-9-16-5-1-2-6-17(16)13-19/h1-2,4-6,8-10,12-13,15,18,28H,3,7,11,14H2,(H,27,31)(H4,24,25,26). The minimum Gasteiger partial charge on any atom is -0.370 e. The van der Waals surface area contributed by atoms with Gasteiger partial charge in [-0.1, -0.05) is 30.3 Å². The first kappa shape index (κ1) is 25.4. The zero-order chi connectivity index (χ0) is 25.4. The van der Waals surface area contributed by atoms with Gasteiger partial charge in [0, 0.05) is 12.7 Å². The highest BCUT2D eigenvalue weighted by Crippen LogP contribution is 2.20. The average molecular weight is 499 g/mol. The van der Waals surface area contributed by atoms with Gasteiger partial charge in [-0.05, 0) is 47.9 Å². The number of benzene rings is 2. The molecule has 1 aromatic heterocycles. The number of nitrogens with zero attached hydrogens (tertiary/aromatic N) is 2. The molecule has 6 N–H and O–H groups in total. The lowest BCUT2D eigenvalue weighted by Crippen LogP contribution is -2.40. The van der Waals surface area contributed by atoms with Crippen molar-refractivity contribution in [2.45, 2.75) is 30.3 Å². The number of aromatic nitrogens is 1. The molecule has 3 aromatic rings. The predicted molar refractivity (Wildman–Crippen MR) is 133 cm³/mol. The Labute approximate surface area is 201 Å². The second-order valence-electron chi connectivity index (χ2n) is 7.73. The maximum absolute atomic E-state index is 12.9. The Hall–Kier alpha value is -4.19. The normalized spacial score (nSPS) is 12.0. The average Bonchev–Trinajstić information content (AvgIpc) is 2.83. The van der Waals surface area contributed by atoms with Crippen LogP contribution in [0.25, 0.3) is 10.8 Å². The highest BCUT2D eigenvalue weighted by molar-refractivity contribution is 7.92. The van der Waals surface area contributed by atoms with E-state index in [0.29, 0.717) is 25.7 Å². The molecule has 0 saturated carbocycles. The first-order valence-corrected chi connectivity index (χ1v) is 12.2. The number of aliphatic imine (C=N–C) groups is 1. The van der Waals surface area contributed by atoms with E-state index in [2.05, 4.69) is 15.0 Å². The summed E-state index contributed by atoms with van der Waals surface area (Å²) < 4.78 is 29.1. The van der Waals surface area contributed by atoms with Crippen molar-refractivity contribution in [2.24, 2.45) is 16.5 Å². The van der Waals surface area contributed by atoms with E-state index in [4.69, 9.17) is 11.5 Å². The summed E-state index contributed by atoms with van der Waals surface area (Å²) in [6, 6.07) is 13.9. The van der Waals surface area contributed by atoms with Crippen molar-refractivity contribution in [2.75, 3.05) is 11.3 Å². The number of nitrogens with two attached hydrogens (primary N) is 2. The predicted octanol–water partition coefficient (Wildman–Crippen LogP) is 0.540. The van der Waals surface area contributed by atoms with Gasteiger partial charge >= 0.3 is 0 Å². The van der Waals surface area contributed by atoms with Gasteiger partial charge in [0.1, 0.15) is 18.5 Å². The smallest absolute Gasteiger partial charge is 0.275 e. The van der Waals surface area contributed by atoms with Crippen LogP contribution >= 0.6 is 0 Å². The molecule has 12 heteroatoms. The number of guanidine groups is 1. The third-order valence-corrected chi connectivity index (χ3v) is 6.45. The van der Waals surface area contributed by atoms with E-state index in [-0.39, 0.29) is 16.5 Å². The number of rotatable bonds is 11. The first-order chi connectivity index (χ1) is 16.7. The Balaban J connectivity index is 1.69. The summed E-state index contributed by atoms with van der Waals surface area (Å²) in [5.41, 5.74) is 9.57. The summed E-state index contributed by atoms with van der Waals surface area (Å²) in [7, 11) is -4.05. The minimum atomic E-state index is -4.05. The molecule has 184 valence electrons. The Morgan fingerprint density at radius 2 is 1.83 bits per heavy atom. The summed E-state index contributed by atoms with van der Waals surface area (Å²) in [6.07, 6.45) is 2.72. The van der Waals surface area contributed by atoms with Crippen LogP contribution in [0.15, 0.2) is 75.5 Å². The second kappa shape index (κ2) is 11.3. The summed E-state index contributed by atoms with van der Waals surface area (Å²) in [5, 5.41) is 4.14. The molecule has 0 saturated heterocycles. The number of carbonyl (C=O) groups excluding carboxylic acids is 2. The molecule has 0 spiro atoms. The van der Waals surface area contributed by atoms with Gasteiger partial charge < -0.3 is 26.1 Å². The van der Waals surface area contributed by atoms with Crippen LogP contribution < -0.4 is 27.1 Å². The van der Waals surface area contributed by atoms with E-state index in [0.717, 1.165) is 15.3 Å². The molecule has 0 aliphatic rings. The Morgan fingerprint density at radius 1 is 1.09 bits per heavy atom. The second-order valence-corrected chi connectivity index (χ2v) is 9.41. The largest absolute Gasteiger partial charge is 0.370 e. The van der Waals surface area contributed by atoms with Gasteiger partial charge in [-0.2, -0.15) is 0 Å². The van der Waals surface area contributed by atoms with Gasteiger partial charge in [0.15, 0.2) is 5.96 Å². The summed E-state index contributed by atoms with van der Waals surface area (Å²) in [5.74, 6) is -0.646. The summed E-state index contributed by atoms with van der Waals surface area (Å²) in [6.45, 7) is -0.0932. The van der Waals surface area contributed by atoms with Crippen molar-refractivity contribution in [1.29, 1.82) is 0 Å². The molecule has 0 aliphatic heterocycles. The van der Waals surface area contributed by atoms with E-state index < -0.39 is 34.1 Å². The molecule has 3 rings (SSSR count). The van der Waals surface area contributed by atoms with Crippen molar-refractivity contribution < 1.29 is 18.0 Å². The minimum absolute atomic E-state index is 0.00158. The van der Waals surface area contributed by atoms with Gasteiger partial charge in [-0.25, -0.2) is 8.42 Å².